The lowest BCUT2D eigenvalue weighted by molar-refractivity contribution is -0.120. The summed E-state index contributed by atoms with van der Waals surface area (Å²) in [6, 6.07) is 7.74. The van der Waals surface area contributed by atoms with E-state index >= 15 is 0 Å². The average molecular weight is 425 g/mol. The quantitative estimate of drug-likeness (QED) is 0.389. The van der Waals surface area contributed by atoms with Crippen molar-refractivity contribution in [2.75, 3.05) is 38.2 Å². The van der Waals surface area contributed by atoms with Crippen LogP contribution in [-0.4, -0.2) is 57.4 Å². The molecule has 2 heterocycles. The number of amidine groups is 1. The van der Waals surface area contributed by atoms with Crippen molar-refractivity contribution >= 4 is 38.8 Å². The Balaban J connectivity index is 1.53. The SMILES string of the molecule is N/C(=N/OCC(=O)Nc1ccc(S(=O)(=O)N2CCOCC2)cc1)c1ccsc1. The fraction of sp³-hybridized carbons (Fsp3) is 0.294. The summed E-state index contributed by atoms with van der Waals surface area (Å²) < 4.78 is 31.7. The Kier molecular flexibility index (Phi) is 6.62. The van der Waals surface area contributed by atoms with Crippen molar-refractivity contribution in [2.24, 2.45) is 10.9 Å². The molecule has 150 valence electrons. The molecular weight excluding hydrogens is 404 g/mol. The van der Waals surface area contributed by atoms with Crippen LogP contribution in [0.3, 0.4) is 0 Å². The van der Waals surface area contributed by atoms with E-state index in [1.165, 1.54) is 39.9 Å². The van der Waals surface area contributed by atoms with Gasteiger partial charge in [-0.25, -0.2) is 8.42 Å². The first kappa shape index (κ1) is 20.3. The maximum Gasteiger partial charge on any atom is 0.265 e. The summed E-state index contributed by atoms with van der Waals surface area (Å²) >= 11 is 1.47. The maximum absolute atomic E-state index is 12.6. The predicted molar refractivity (Wildman–Crippen MR) is 106 cm³/mol. The molecule has 0 bridgehead atoms. The van der Waals surface area contributed by atoms with E-state index in [9.17, 15) is 13.2 Å². The van der Waals surface area contributed by atoms with Crippen molar-refractivity contribution in [3.63, 3.8) is 0 Å². The lowest BCUT2D eigenvalue weighted by atomic mass is 10.3. The molecule has 1 amide bonds. The lowest BCUT2D eigenvalue weighted by Crippen LogP contribution is -2.40. The number of carbonyl (C=O) groups excluding carboxylic acids is 1. The predicted octanol–water partition coefficient (Wildman–Crippen LogP) is 1.04. The van der Waals surface area contributed by atoms with Gasteiger partial charge in [0.1, 0.15) is 0 Å². The molecule has 1 aliphatic heterocycles. The Labute approximate surface area is 166 Å². The van der Waals surface area contributed by atoms with Gasteiger partial charge in [-0.05, 0) is 35.7 Å². The van der Waals surface area contributed by atoms with E-state index in [4.69, 9.17) is 15.3 Å². The summed E-state index contributed by atoms with van der Waals surface area (Å²) in [6.07, 6.45) is 0. The minimum atomic E-state index is -3.57. The van der Waals surface area contributed by atoms with Gasteiger partial charge in [0.2, 0.25) is 10.0 Å². The van der Waals surface area contributed by atoms with Crippen LogP contribution in [0.5, 0.6) is 0 Å². The Morgan fingerprint density at radius 1 is 1.25 bits per heavy atom. The second kappa shape index (κ2) is 9.15. The number of hydrogen-bond acceptors (Lipinski definition) is 7. The summed E-state index contributed by atoms with van der Waals surface area (Å²) in [7, 11) is -3.57. The second-order valence-corrected chi connectivity index (χ2v) is 8.57. The normalized spacial score (nSPS) is 15.9. The highest BCUT2D eigenvalue weighted by Crippen LogP contribution is 2.19. The number of hydrogen-bond donors (Lipinski definition) is 2. The van der Waals surface area contributed by atoms with Gasteiger partial charge in [0.25, 0.3) is 5.91 Å². The number of thiophene rings is 1. The largest absolute Gasteiger partial charge is 0.384 e. The van der Waals surface area contributed by atoms with E-state index in [0.29, 0.717) is 32.0 Å². The lowest BCUT2D eigenvalue weighted by Gasteiger charge is -2.26. The zero-order valence-electron chi connectivity index (χ0n) is 14.9. The molecule has 0 atom stereocenters. The molecule has 3 N–H and O–H groups in total. The molecule has 2 aromatic rings. The molecule has 1 fully saturated rings. The zero-order valence-corrected chi connectivity index (χ0v) is 16.5. The molecule has 0 radical (unpaired) electrons. The molecule has 1 aromatic carbocycles. The highest BCUT2D eigenvalue weighted by molar-refractivity contribution is 7.89. The number of nitrogens with two attached hydrogens (primary N) is 1. The molecule has 11 heteroatoms. The number of nitrogens with one attached hydrogen (secondary N) is 1. The standard InChI is InChI=1S/C17H20N4O5S2/c18-17(13-5-10-27-12-13)20-26-11-16(22)19-14-1-3-15(4-2-14)28(23,24)21-6-8-25-9-7-21/h1-5,10,12H,6-9,11H2,(H2,18,20)(H,19,22). The van der Waals surface area contributed by atoms with Gasteiger partial charge in [-0.15, -0.1) is 0 Å². The number of benzene rings is 1. The molecule has 1 aromatic heterocycles. The molecule has 0 unspecified atom stereocenters. The molecule has 1 aliphatic rings. The number of amides is 1. The van der Waals surface area contributed by atoms with E-state index in [-0.39, 0.29) is 17.3 Å². The molecule has 28 heavy (non-hydrogen) atoms. The van der Waals surface area contributed by atoms with Gasteiger partial charge in [-0.1, -0.05) is 5.16 Å². The van der Waals surface area contributed by atoms with Gasteiger partial charge >= 0.3 is 0 Å². The molecular formula is C17H20N4O5S2. The number of oxime groups is 1. The molecule has 0 saturated carbocycles. The third-order valence-corrected chi connectivity index (χ3v) is 6.52. The molecule has 0 spiro atoms. The van der Waals surface area contributed by atoms with Crippen LogP contribution in [0.15, 0.2) is 51.1 Å². The number of sulfonamides is 1. The van der Waals surface area contributed by atoms with Crippen LogP contribution in [0.4, 0.5) is 5.69 Å². The second-order valence-electron chi connectivity index (χ2n) is 5.85. The highest BCUT2D eigenvalue weighted by Gasteiger charge is 2.26. The Hall–Kier alpha value is -2.47. The number of ether oxygens (including phenoxy) is 1. The van der Waals surface area contributed by atoms with Crippen LogP contribution in [0.2, 0.25) is 0 Å². The average Bonchev–Trinajstić information content (AvgIpc) is 3.24. The molecule has 3 rings (SSSR count). The number of carbonyl (C=O) groups is 1. The smallest absolute Gasteiger partial charge is 0.265 e. The van der Waals surface area contributed by atoms with Gasteiger partial charge in [0.15, 0.2) is 12.4 Å². The van der Waals surface area contributed by atoms with Crippen molar-refractivity contribution in [2.45, 2.75) is 4.90 Å². The van der Waals surface area contributed by atoms with Crippen LogP contribution in [0, 0.1) is 0 Å². The Morgan fingerprint density at radius 3 is 2.61 bits per heavy atom. The van der Waals surface area contributed by atoms with Crippen molar-refractivity contribution in [1.82, 2.24) is 4.31 Å². The number of morpholine rings is 1. The van der Waals surface area contributed by atoms with E-state index in [2.05, 4.69) is 10.5 Å². The fourth-order valence-corrected chi connectivity index (χ4v) is 4.52. The molecule has 9 nitrogen and oxygen atoms in total. The summed E-state index contributed by atoms with van der Waals surface area (Å²) in [6.45, 7) is 1.10. The first-order valence-electron chi connectivity index (χ1n) is 8.42. The number of anilines is 1. The number of nitrogens with zero attached hydrogens (tertiary/aromatic N) is 2. The first-order valence-corrected chi connectivity index (χ1v) is 10.8. The van der Waals surface area contributed by atoms with Gasteiger partial charge in [0, 0.05) is 29.7 Å². The first-order chi connectivity index (χ1) is 13.5. The minimum Gasteiger partial charge on any atom is -0.384 e. The van der Waals surface area contributed by atoms with Crippen LogP contribution in [-0.2, 0) is 24.4 Å². The highest BCUT2D eigenvalue weighted by atomic mass is 32.2. The monoisotopic (exact) mass is 424 g/mol. The van der Waals surface area contributed by atoms with E-state index < -0.39 is 15.9 Å². The molecule has 1 saturated heterocycles. The van der Waals surface area contributed by atoms with Crippen LogP contribution < -0.4 is 11.1 Å². The summed E-state index contributed by atoms with van der Waals surface area (Å²) in [5, 5.41) is 9.97. The van der Waals surface area contributed by atoms with E-state index in [1.54, 1.807) is 6.07 Å². The minimum absolute atomic E-state index is 0.164. The van der Waals surface area contributed by atoms with Crippen molar-refractivity contribution in [1.29, 1.82) is 0 Å². The van der Waals surface area contributed by atoms with Gasteiger partial charge in [-0.2, -0.15) is 15.6 Å². The zero-order chi connectivity index (χ0) is 20.0. The van der Waals surface area contributed by atoms with E-state index in [0.717, 1.165) is 5.56 Å². The number of rotatable bonds is 7. The fourth-order valence-electron chi connectivity index (χ4n) is 2.47. The van der Waals surface area contributed by atoms with Crippen LogP contribution in [0.1, 0.15) is 5.56 Å². The van der Waals surface area contributed by atoms with E-state index in [1.807, 2.05) is 10.8 Å². The third-order valence-electron chi connectivity index (χ3n) is 3.92. The summed E-state index contributed by atoms with van der Waals surface area (Å²) in [4.78, 5) is 17.0. The van der Waals surface area contributed by atoms with Crippen molar-refractivity contribution < 1.29 is 22.8 Å². The van der Waals surface area contributed by atoms with Crippen molar-refractivity contribution in [3.8, 4) is 0 Å². The summed E-state index contributed by atoms with van der Waals surface area (Å²) in [5.41, 5.74) is 6.90. The third kappa shape index (κ3) is 5.07. The summed E-state index contributed by atoms with van der Waals surface area (Å²) in [5.74, 6) is -0.252. The van der Waals surface area contributed by atoms with Crippen LogP contribution >= 0.6 is 11.3 Å². The maximum atomic E-state index is 12.6. The van der Waals surface area contributed by atoms with Gasteiger partial charge in [-0.3, -0.25) is 4.79 Å². The van der Waals surface area contributed by atoms with Crippen LogP contribution in [0.25, 0.3) is 0 Å². The Morgan fingerprint density at radius 2 is 1.96 bits per heavy atom. The van der Waals surface area contributed by atoms with Gasteiger partial charge < -0.3 is 20.6 Å². The Bertz CT molecular complexity index is 921. The topological polar surface area (TPSA) is 123 Å². The van der Waals surface area contributed by atoms with Gasteiger partial charge in [0.05, 0.1) is 18.1 Å². The van der Waals surface area contributed by atoms with Crippen molar-refractivity contribution in [3.05, 3.63) is 46.7 Å². The molecule has 0 aliphatic carbocycles.